The molecule has 3 aromatic rings. The molecule has 1 aromatic heterocycles. The topological polar surface area (TPSA) is 67.4 Å². The first kappa shape index (κ1) is 13.9. The van der Waals surface area contributed by atoms with Crippen LogP contribution in [0.15, 0.2) is 48.5 Å². The molecule has 22 heavy (non-hydrogen) atoms. The first-order valence-corrected chi connectivity index (χ1v) is 6.74. The van der Waals surface area contributed by atoms with Gasteiger partial charge in [0, 0.05) is 6.42 Å². The van der Waals surface area contributed by atoms with E-state index in [-0.39, 0.29) is 5.82 Å². The van der Waals surface area contributed by atoms with Crippen molar-refractivity contribution in [3.63, 3.8) is 0 Å². The molecule has 0 atom stereocenters. The van der Waals surface area contributed by atoms with Crippen molar-refractivity contribution < 1.29 is 4.39 Å². The summed E-state index contributed by atoms with van der Waals surface area (Å²) in [6.07, 6.45) is 0.317. The lowest BCUT2D eigenvalue weighted by Gasteiger charge is -2.06. The third-order valence-electron chi connectivity index (χ3n) is 3.30. The predicted molar refractivity (Wildman–Crippen MR) is 77.3 cm³/mol. The predicted octanol–water partition coefficient (Wildman–Crippen LogP) is 2.32. The number of hydrogen-bond acceptors (Lipinski definition) is 4. The molecule has 1 heterocycles. The van der Waals surface area contributed by atoms with Gasteiger partial charge in [0.15, 0.2) is 5.82 Å². The van der Waals surface area contributed by atoms with Crippen LogP contribution in [0.25, 0.3) is 0 Å². The van der Waals surface area contributed by atoms with Crippen LogP contribution in [0.3, 0.4) is 0 Å². The molecule has 0 radical (unpaired) electrons. The average molecular weight is 293 g/mol. The number of rotatable bonds is 4. The third kappa shape index (κ3) is 2.99. The summed E-state index contributed by atoms with van der Waals surface area (Å²) in [5, 5.41) is 20.5. The summed E-state index contributed by atoms with van der Waals surface area (Å²) < 4.78 is 15.3. The van der Waals surface area contributed by atoms with Gasteiger partial charge in [-0.1, -0.05) is 30.3 Å². The second-order valence-electron chi connectivity index (χ2n) is 4.83. The summed E-state index contributed by atoms with van der Waals surface area (Å²) in [5.74, 6) is 0.302. The largest absolute Gasteiger partial charge is 0.225 e. The number of halogens is 1. The average Bonchev–Trinajstić information content (AvgIpc) is 2.97. The maximum absolute atomic E-state index is 13.7. The van der Waals surface area contributed by atoms with Gasteiger partial charge in [-0.15, -0.1) is 5.10 Å². The third-order valence-corrected chi connectivity index (χ3v) is 3.30. The summed E-state index contributed by atoms with van der Waals surface area (Å²) in [5.41, 5.74) is 2.05. The summed E-state index contributed by atoms with van der Waals surface area (Å²) in [6.45, 7) is 0.437. The molecule has 3 rings (SSSR count). The standard InChI is InChI=1S/C16H12FN5/c17-15-7-2-1-6-14(15)9-16-19-20-21-22(16)11-13-5-3-4-12(8-13)10-18/h1-8H,9,11H2. The monoisotopic (exact) mass is 293 g/mol. The van der Waals surface area contributed by atoms with Crippen molar-refractivity contribution in [2.75, 3.05) is 0 Å². The van der Waals surface area contributed by atoms with E-state index < -0.39 is 0 Å². The van der Waals surface area contributed by atoms with E-state index in [1.165, 1.54) is 6.07 Å². The molecule has 0 aliphatic heterocycles. The number of aromatic nitrogens is 4. The van der Waals surface area contributed by atoms with Gasteiger partial charge in [0.25, 0.3) is 0 Å². The van der Waals surface area contributed by atoms with Crippen molar-refractivity contribution in [1.82, 2.24) is 20.2 Å². The van der Waals surface area contributed by atoms with Crippen LogP contribution < -0.4 is 0 Å². The van der Waals surface area contributed by atoms with Crippen LogP contribution in [-0.4, -0.2) is 20.2 Å². The SMILES string of the molecule is N#Cc1cccc(Cn2nnnc2Cc2ccccc2F)c1. The molecule has 0 saturated heterocycles. The van der Waals surface area contributed by atoms with Gasteiger partial charge < -0.3 is 0 Å². The molecule has 2 aromatic carbocycles. The fourth-order valence-electron chi connectivity index (χ4n) is 2.20. The molecule has 0 bridgehead atoms. The highest BCUT2D eigenvalue weighted by molar-refractivity contribution is 5.33. The summed E-state index contributed by atoms with van der Waals surface area (Å²) in [4.78, 5) is 0. The van der Waals surface area contributed by atoms with Crippen molar-refractivity contribution in [2.45, 2.75) is 13.0 Å². The number of tetrazole rings is 1. The normalized spacial score (nSPS) is 10.4. The van der Waals surface area contributed by atoms with Crippen LogP contribution >= 0.6 is 0 Å². The zero-order chi connectivity index (χ0) is 15.4. The Labute approximate surface area is 126 Å². The summed E-state index contributed by atoms with van der Waals surface area (Å²) in [7, 11) is 0. The maximum Gasteiger partial charge on any atom is 0.156 e. The first-order valence-electron chi connectivity index (χ1n) is 6.74. The minimum atomic E-state index is -0.275. The van der Waals surface area contributed by atoms with Gasteiger partial charge in [0.1, 0.15) is 5.82 Å². The highest BCUT2D eigenvalue weighted by atomic mass is 19.1. The van der Waals surface area contributed by atoms with Crippen LogP contribution in [0, 0.1) is 17.1 Å². The van der Waals surface area contributed by atoms with Crippen molar-refractivity contribution in [2.24, 2.45) is 0 Å². The molecule has 0 aliphatic carbocycles. The minimum absolute atomic E-state index is 0.275. The van der Waals surface area contributed by atoms with Crippen molar-refractivity contribution in [1.29, 1.82) is 5.26 Å². The Balaban J connectivity index is 1.83. The van der Waals surface area contributed by atoms with E-state index in [4.69, 9.17) is 5.26 Å². The summed E-state index contributed by atoms with van der Waals surface area (Å²) >= 11 is 0. The highest BCUT2D eigenvalue weighted by Crippen LogP contribution is 2.12. The highest BCUT2D eigenvalue weighted by Gasteiger charge is 2.10. The van der Waals surface area contributed by atoms with Gasteiger partial charge in [0.05, 0.1) is 18.2 Å². The first-order chi connectivity index (χ1) is 10.8. The van der Waals surface area contributed by atoms with Crippen LogP contribution in [0.2, 0.25) is 0 Å². The van der Waals surface area contributed by atoms with Crippen molar-refractivity contribution in [3.8, 4) is 6.07 Å². The maximum atomic E-state index is 13.7. The lowest BCUT2D eigenvalue weighted by atomic mass is 10.1. The molecule has 6 heteroatoms. The lowest BCUT2D eigenvalue weighted by molar-refractivity contribution is 0.598. The van der Waals surface area contributed by atoms with Crippen molar-refractivity contribution in [3.05, 3.63) is 76.9 Å². The number of benzene rings is 2. The van der Waals surface area contributed by atoms with E-state index in [2.05, 4.69) is 21.6 Å². The molecule has 0 fully saturated rings. The van der Waals surface area contributed by atoms with Crippen molar-refractivity contribution >= 4 is 0 Å². The fourth-order valence-corrected chi connectivity index (χ4v) is 2.20. The molecule has 0 spiro atoms. The molecular formula is C16H12FN5. The van der Waals surface area contributed by atoms with E-state index >= 15 is 0 Å². The Bertz CT molecular complexity index is 834. The number of nitriles is 1. The fraction of sp³-hybridized carbons (Fsp3) is 0.125. The molecular weight excluding hydrogens is 281 g/mol. The van der Waals surface area contributed by atoms with Gasteiger partial charge in [-0.05, 0) is 39.8 Å². The molecule has 0 aliphatic rings. The van der Waals surface area contributed by atoms with E-state index in [9.17, 15) is 4.39 Å². The van der Waals surface area contributed by atoms with Gasteiger partial charge >= 0.3 is 0 Å². The molecule has 108 valence electrons. The second-order valence-corrected chi connectivity index (χ2v) is 4.83. The number of nitrogens with zero attached hydrogens (tertiary/aromatic N) is 5. The van der Waals surface area contributed by atoms with Crippen LogP contribution in [0.5, 0.6) is 0 Å². The van der Waals surface area contributed by atoms with Crippen LogP contribution in [0.1, 0.15) is 22.5 Å². The van der Waals surface area contributed by atoms with Gasteiger partial charge in [-0.2, -0.15) is 5.26 Å². The van der Waals surface area contributed by atoms with E-state index in [0.717, 1.165) is 5.56 Å². The Morgan fingerprint density at radius 3 is 2.82 bits per heavy atom. The molecule has 0 N–H and O–H groups in total. The number of hydrogen-bond donors (Lipinski definition) is 0. The van der Waals surface area contributed by atoms with Crippen LogP contribution in [-0.2, 0) is 13.0 Å². The Kier molecular flexibility index (Phi) is 3.88. The molecule has 0 saturated carbocycles. The second kappa shape index (κ2) is 6.14. The minimum Gasteiger partial charge on any atom is -0.225 e. The van der Waals surface area contributed by atoms with Gasteiger partial charge in [-0.3, -0.25) is 0 Å². The van der Waals surface area contributed by atoms with E-state index in [1.54, 1.807) is 35.0 Å². The molecule has 5 nitrogen and oxygen atoms in total. The van der Waals surface area contributed by atoms with E-state index in [0.29, 0.717) is 29.9 Å². The van der Waals surface area contributed by atoms with E-state index in [1.807, 2.05) is 12.1 Å². The molecule has 0 amide bonds. The Morgan fingerprint density at radius 1 is 1.14 bits per heavy atom. The Hall–Kier alpha value is -3.07. The lowest BCUT2D eigenvalue weighted by Crippen LogP contribution is -2.08. The van der Waals surface area contributed by atoms with Crippen LogP contribution in [0.4, 0.5) is 4.39 Å². The van der Waals surface area contributed by atoms with Gasteiger partial charge in [-0.25, -0.2) is 9.07 Å². The molecule has 0 unspecified atom stereocenters. The zero-order valence-corrected chi connectivity index (χ0v) is 11.6. The smallest absolute Gasteiger partial charge is 0.156 e. The zero-order valence-electron chi connectivity index (χ0n) is 11.6. The Morgan fingerprint density at radius 2 is 2.00 bits per heavy atom. The summed E-state index contributed by atoms with van der Waals surface area (Å²) in [6, 6.07) is 15.9. The quantitative estimate of drug-likeness (QED) is 0.740. The van der Waals surface area contributed by atoms with Gasteiger partial charge in [0.2, 0.25) is 0 Å².